The second kappa shape index (κ2) is 6.82. The molecule has 0 N–H and O–H groups in total. The molecule has 3 heteroatoms. The molecule has 1 rings (SSSR count). The molecule has 17 heavy (non-hydrogen) atoms. The molecular weight excluding hydrogens is 216 g/mol. The molecule has 0 aliphatic heterocycles. The topological polar surface area (TPSA) is 27.7 Å². The maximum absolute atomic E-state index is 5.60. The van der Waals surface area contributed by atoms with Gasteiger partial charge in [0.1, 0.15) is 0 Å². The fraction of sp³-hybridized carbons (Fsp3) is 0.429. The highest BCUT2D eigenvalue weighted by atomic mass is 16.5. The van der Waals surface area contributed by atoms with Crippen LogP contribution in [0.1, 0.15) is 25.0 Å². The molecular formula is C14H18O3. The molecule has 0 bridgehead atoms. The summed E-state index contributed by atoms with van der Waals surface area (Å²) in [6.07, 6.45) is 5.78. The molecule has 0 heterocycles. The van der Waals surface area contributed by atoms with Crippen LogP contribution in [0.25, 0.3) is 0 Å². The van der Waals surface area contributed by atoms with E-state index in [1.54, 1.807) is 14.2 Å². The smallest absolute Gasteiger partial charge is 0.161 e. The van der Waals surface area contributed by atoms with E-state index in [-0.39, 0.29) is 6.10 Å². The average molecular weight is 234 g/mol. The standard InChI is InChI=1S/C14H18O3/c1-5-6-9-17-11(2)12-7-8-13(15-3)14(10-12)16-4/h1,7-8,10-11H,6,9H2,2-4H3. The van der Waals surface area contributed by atoms with Gasteiger partial charge in [0.25, 0.3) is 0 Å². The maximum Gasteiger partial charge on any atom is 0.161 e. The highest BCUT2D eigenvalue weighted by molar-refractivity contribution is 5.43. The van der Waals surface area contributed by atoms with Crippen molar-refractivity contribution in [3.8, 4) is 23.8 Å². The van der Waals surface area contributed by atoms with Gasteiger partial charge in [-0.15, -0.1) is 12.3 Å². The van der Waals surface area contributed by atoms with E-state index in [1.165, 1.54) is 0 Å². The summed E-state index contributed by atoms with van der Waals surface area (Å²) in [5.41, 5.74) is 1.04. The van der Waals surface area contributed by atoms with Gasteiger partial charge in [0.05, 0.1) is 26.9 Å². The lowest BCUT2D eigenvalue weighted by molar-refractivity contribution is 0.0701. The lowest BCUT2D eigenvalue weighted by Gasteiger charge is -2.15. The number of hydrogen-bond acceptors (Lipinski definition) is 3. The van der Waals surface area contributed by atoms with Crippen molar-refractivity contribution in [1.82, 2.24) is 0 Å². The third kappa shape index (κ3) is 3.69. The van der Waals surface area contributed by atoms with Gasteiger partial charge in [-0.05, 0) is 24.6 Å². The van der Waals surface area contributed by atoms with Crippen LogP contribution in [-0.4, -0.2) is 20.8 Å². The predicted octanol–water partition coefficient (Wildman–Crippen LogP) is 2.80. The third-order valence-electron chi connectivity index (χ3n) is 2.49. The Morgan fingerprint density at radius 1 is 1.24 bits per heavy atom. The molecule has 0 spiro atoms. The zero-order chi connectivity index (χ0) is 12.7. The molecule has 0 radical (unpaired) electrons. The van der Waals surface area contributed by atoms with Crippen LogP contribution in [0, 0.1) is 12.3 Å². The molecule has 0 saturated carbocycles. The van der Waals surface area contributed by atoms with Gasteiger partial charge in [0.2, 0.25) is 0 Å². The number of rotatable bonds is 6. The fourth-order valence-corrected chi connectivity index (χ4v) is 1.50. The van der Waals surface area contributed by atoms with Crippen molar-refractivity contribution in [1.29, 1.82) is 0 Å². The van der Waals surface area contributed by atoms with Crippen LogP contribution < -0.4 is 9.47 Å². The Kier molecular flexibility index (Phi) is 5.38. The summed E-state index contributed by atoms with van der Waals surface area (Å²) in [5.74, 6) is 3.97. The van der Waals surface area contributed by atoms with E-state index in [0.29, 0.717) is 24.5 Å². The Morgan fingerprint density at radius 2 is 1.94 bits per heavy atom. The minimum absolute atomic E-state index is 0.0110. The minimum Gasteiger partial charge on any atom is -0.493 e. The van der Waals surface area contributed by atoms with E-state index in [9.17, 15) is 0 Å². The monoisotopic (exact) mass is 234 g/mol. The number of benzene rings is 1. The lowest BCUT2D eigenvalue weighted by Crippen LogP contribution is -2.02. The summed E-state index contributed by atoms with van der Waals surface area (Å²) in [6.45, 7) is 2.55. The van der Waals surface area contributed by atoms with E-state index in [4.69, 9.17) is 20.6 Å². The van der Waals surface area contributed by atoms with Crippen LogP contribution in [0.2, 0.25) is 0 Å². The third-order valence-corrected chi connectivity index (χ3v) is 2.49. The molecule has 1 atom stereocenters. The summed E-state index contributed by atoms with van der Waals surface area (Å²) in [4.78, 5) is 0. The molecule has 0 amide bonds. The molecule has 3 nitrogen and oxygen atoms in total. The van der Waals surface area contributed by atoms with Gasteiger partial charge in [-0.3, -0.25) is 0 Å². The first-order valence-electron chi connectivity index (χ1n) is 5.50. The number of hydrogen-bond donors (Lipinski definition) is 0. The van der Waals surface area contributed by atoms with E-state index < -0.39 is 0 Å². The van der Waals surface area contributed by atoms with Crippen molar-refractivity contribution in [3.05, 3.63) is 23.8 Å². The van der Waals surface area contributed by atoms with Crippen LogP contribution in [-0.2, 0) is 4.74 Å². The number of ether oxygens (including phenoxy) is 3. The van der Waals surface area contributed by atoms with Crippen LogP contribution in [0.3, 0.4) is 0 Å². The van der Waals surface area contributed by atoms with Crippen molar-refractivity contribution in [2.45, 2.75) is 19.4 Å². The molecule has 0 fully saturated rings. The predicted molar refractivity (Wildman–Crippen MR) is 67.4 cm³/mol. The van der Waals surface area contributed by atoms with Crippen LogP contribution in [0.5, 0.6) is 11.5 Å². The summed E-state index contributed by atoms with van der Waals surface area (Å²) in [5, 5.41) is 0. The van der Waals surface area contributed by atoms with Crippen molar-refractivity contribution in [2.75, 3.05) is 20.8 Å². The van der Waals surface area contributed by atoms with E-state index in [0.717, 1.165) is 5.56 Å². The lowest BCUT2D eigenvalue weighted by atomic mass is 10.1. The molecule has 92 valence electrons. The molecule has 0 aliphatic carbocycles. The zero-order valence-corrected chi connectivity index (χ0v) is 10.5. The van der Waals surface area contributed by atoms with Gasteiger partial charge < -0.3 is 14.2 Å². The van der Waals surface area contributed by atoms with Crippen molar-refractivity contribution in [3.63, 3.8) is 0 Å². The van der Waals surface area contributed by atoms with Crippen molar-refractivity contribution >= 4 is 0 Å². The van der Waals surface area contributed by atoms with Crippen LogP contribution in [0.15, 0.2) is 18.2 Å². The van der Waals surface area contributed by atoms with Crippen LogP contribution in [0.4, 0.5) is 0 Å². The van der Waals surface area contributed by atoms with E-state index in [1.807, 2.05) is 25.1 Å². The number of methoxy groups -OCH3 is 2. The summed E-state index contributed by atoms with van der Waals surface area (Å²) in [6, 6.07) is 5.75. The number of terminal acetylenes is 1. The molecule has 0 aromatic heterocycles. The minimum atomic E-state index is -0.0110. The molecule has 1 aromatic carbocycles. The highest BCUT2D eigenvalue weighted by Crippen LogP contribution is 2.30. The van der Waals surface area contributed by atoms with Gasteiger partial charge in [-0.25, -0.2) is 0 Å². The first-order chi connectivity index (χ1) is 8.22. The summed E-state index contributed by atoms with van der Waals surface area (Å²) in [7, 11) is 3.23. The Hall–Kier alpha value is -1.66. The SMILES string of the molecule is C#CCCOC(C)c1ccc(OC)c(OC)c1. The first-order valence-corrected chi connectivity index (χ1v) is 5.50. The summed E-state index contributed by atoms with van der Waals surface area (Å²) < 4.78 is 16.0. The molecule has 0 aliphatic rings. The maximum atomic E-state index is 5.60. The molecule has 1 unspecified atom stereocenters. The molecule has 0 saturated heterocycles. The zero-order valence-electron chi connectivity index (χ0n) is 10.5. The quantitative estimate of drug-likeness (QED) is 0.559. The fourth-order valence-electron chi connectivity index (χ4n) is 1.50. The van der Waals surface area contributed by atoms with Gasteiger partial charge in [0, 0.05) is 6.42 Å². The Labute approximate surface area is 103 Å². The Bertz CT molecular complexity index is 393. The first kappa shape index (κ1) is 13.4. The van der Waals surface area contributed by atoms with E-state index >= 15 is 0 Å². The van der Waals surface area contributed by atoms with Gasteiger partial charge in [0.15, 0.2) is 11.5 Å². The van der Waals surface area contributed by atoms with Crippen LogP contribution >= 0.6 is 0 Å². The van der Waals surface area contributed by atoms with E-state index in [2.05, 4.69) is 5.92 Å². The largest absolute Gasteiger partial charge is 0.493 e. The normalized spacial score (nSPS) is 11.6. The molecule has 1 aromatic rings. The Morgan fingerprint density at radius 3 is 2.53 bits per heavy atom. The second-order valence-electron chi connectivity index (χ2n) is 3.58. The van der Waals surface area contributed by atoms with Gasteiger partial charge in [-0.1, -0.05) is 6.07 Å². The second-order valence-corrected chi connectivity index (χ2v) is 3.58. The average Bonchev–Trinajstić information content (AvgIpc) is 2.38. The summed E-state index contributed by atoms with van der Waals surface area (Å²) >= 11 is 0. The van der Waals surface area contributed by atoms with Gasteiger partial charge >= 0.3 is 0 Å². The van der Waals surface area contributed by atoms with Crippen molar-refractivity contribution in [2.24, 2.45) is 0 Å². The van der Waals surface area contributed by atoms with Gasteiger partial charge in [-0.2, -0.15) is 0 Å². The Balaban J connectivity index is 2.74. The van der Waals surface area contributed by atoms with Crippen molar-refractivity contribution < 1.29 is 14.2 Å². The highest BCUT2D eigenvalue weighted by Gasteiger charge is 2.10.